The van der Waals surface area contributed by atoms with Gasteiger partial charge in [-0.2, -0.15) is 0 Å². The summed E-state index contributed by atoms with van der Waals surface area (Å²) < 4.78 is 37.4. The number of esters is 3. The molecule has 0 aliphatic carbocycles. The minimum atomic E-state index is -1.10. The Kier molecular flexibility index (Phi) is 8.93. The fourth-order valence-corrected chi connectivity index (χ4v) is 2.80. The summed E-state index contributed by atoms with van der Waals surface area (Å²) in [4.78, 5) is 34.6. The molecule has 26 heavy (non-hydrogen) atoms. The predicted octanol–water partition coefficient (Wildman–Crippen LogP) is -0.186. The van der Waals surface area contributed by atoms with Crippen molar-refractivity contribution in [3.63, 3.8) is 0 Å². The minimum Gasteiger partial charge on any atom is -0.457 e. The third-order valence-corrected chi connectivity index (χ3v) is 3.65. The molecule has 150 valence electrons. The van der Waals surface area contributed by atoms with Crippen LogP contribution in [0.15, 0.2) is 0 Å². The summed E-state index contributed by atoms with van der Waals surface area (Å²) in [7, 11) is 4.16. The molecule has 0 spiro atoms. The molecule has 0 aromatic rings. The Morgan fingerprint density at radius 1 is 0.846 bits per heavy atom. The lowest BCUT2D eigenvalue weighted by Gasteiger charge is -2.45. The first-order chi connectivity index (χ1) is 12.2. The molecule has 1 aliphatic heterocycles. The fourth-order valence-electron chi connectivity index (χ4n) is 2.80. The van der Waals surface area contributed by atoms with Crippen molar-refractivity contribution in [3.8, 4) is 0 Å². The average Bonchev–Trinajstić information content (AvgIpc) is 2.54. The van der Waals surface area contributed by atoms with Crippen LogP contribution in [0.3, 0.4) is 0 Å². The van der Waals surface area contributed by atoms with E-state index < -0.39 is 54.7 Å². The summed E-state index contributed by atoms with van der Waals surface area (Å²) >= 11 is 0. The van der Waals surface area contributed by atoms with Crippen molar-refractivity contribution in [3.05, 3.63) is 0 Å². The van der Waals surface area contributed by atoms with Crippen molar-refractivity contribution in [2.45, 2.75) is 57.6 Å². The van der Waals surface area contributed by atoms with Crippen LogP contribution in [0.2, 0.25) is 0 Å². The largest absolute Gasteiger partial charge is 0.457 e. The summed E-state index contributed by atoms with van der Waals surface area (Å²) in [6.07, 6.45) is -5.92. The summed E-state index contributed by atoms with van der Waals surface area (Å²) in [6, 6.07) is 0. The Balaban J connectivity index is 3.29. The van der Waals surface area contributed by atoms with Gasteiger partial charge >= 0.3 is 17.9 Å². The van der Waals surface area contributed by atoms with Crippen LogP contribution in [0.1, 0.15) is 20.8 Å². The molecule has 10 nitrogen and oxygen atoms in total. The summed E-state index contributed by atoms with van der Waals surface area (Å²) in [5.41, 5.74) is 0. The van der Waals surface area contributed by atoms with Gasteiger partial charge in [0.2, 0.25) is 0 Å². The molecule has 1 heterocycles. The molecule has 0 aromatic carbocycles. The lowest BCUT2D eigenvalue weighted by Crippen LogP contribution is -2.64. The molecule has 0 saturated carbocycles. The van der Waals surface area contributed by atoms with E-state index in [4.69, 9.17) is 33.2 Å². The van der Waals surface area contributed by atoms with Gasteiger partial charge in [0, 0.05) is 42.1 Å². The van der Waals surface area contributed by atoms with Gasteiger partial charge in [0.25, 0.3) is 0 Å². The van der Waals surface area contributed by atoms with E-state index in [1.54, 1.807) is 0 Å². The molecule has 1 rings (SSSR count). The van der Waals surface area contributed by atoms with Crippen LogP contribution in [0.25, 0.3) is 0 Å². The summed E-state index contributed by atoms with van der Waals surface area (Å²) in [5, 5.41) is 0. The first-order valence-corrected chi connectivity index (χ1v) is 7.96. The Labute approximate surface area is 151 Å². The van der Waals surface area contributed by atoms with Gasteiger partial charge in [0.1, 0.15) is 12.2 Å². The van der Waals surface area contributed by atoms with E-state index in [0.29, 0.717) is 0 Å². The van der Waals surface area contributed by atoms with E-state index in [-0.39, 0.29) is 6.61 Å². The fraction of sp³-hybridized carbons (Fsp3) is 0.812. The maximum Gasteiger partial charge on any atom is 0.303 e. The Morgan fingerprint density at radius 3 is 1.85 bits per heavy atom. The SMILES string of the molecule is COCC(OC(C)=O)C1OC(OC)C(OC)C(OC(C)=O)C1OC(C)=O. The van der Waals surface area contributed by atoms with Crippen molar-refractivity contribution < 1.29 is 47.5 Å². The van der Waals surface area contributed by atoms with Crippen LogP contribution in [0.5, 0.6) is 0 Å². The monoisotopic (exact) mass is 378 g/mol. The number of hydrogen-bond donors (Lipinski definition) is 0. The highest BCUT2D eigenvalue weighted by Crippen LogP contribution is 2.31. The average molecular weight is 378 g/mol. The lowest BCUT2D eigenvalue weighted by molar-refractivity contribution is -0.314. The number of methoxy groups -OCH3 is 3. The first kappa shape index (κ1) is 22.3. The molecule has 10 heteroatoms. The maximum atomic E-state index is 11.6. The topological polar surface area (TPSA) is 116 Å². The van der Waals surface area contributed by atoms with Gasteiger partial charge < -0.3 is 33.2 Å². The third kappa shape index (κ3) is 5.90. The van der Waals surface area contributed by atoms with Crippen LogP contribution >= 0.6 is 0 Å². The highest BCUT2D eigenvalue weighted by Gasteiger charge is 2.53. The second-order valence-electron chi connectivity index (χ2n) is 5.66. The van der Waals surface area contributed by atoms with E-state index in [1.165, 1.54) is 42.1 Å². The number of carbonyl (C=O) groups is 3. The van der Waals surface area contributed by atoms with Crippen molar-refractivity contribution in [2.24, 2.45) is 0 Å². The van der Waals surface area contributed by atoms with Gasteiger partial charge in [-0.05, 0) is 0 Å². The molecule has 1 saturated heterocycles. The van der Waals surface area contributed by atoms with Crippen LogP contribution < -0.4 is 0 Å². The Morgan fingerprint density at radius 2 is 1.42 bits per heavy atom. The molecule has 0 bridgehead atoms. The molecular weight excluding hydrogens is 352 g/mol. The van der Waals surface area contributed by atoms with Crippen molar-refractivity contribution in [1.82, 2.24) is 0 Å². The number of rotatable bonds is 8. The number of hydrogen-bond acceptors (Lipinski definition) is 10. The Bertz CT molecular complexity index is 493. The van der Waals surface area contributed by atoms with Crippen molar-refractivity contribution in [1.29, 1.82) is 0 Å². The van der Waals surface area contributed by atoms with Gasteiger partial charge in [-0.1, -0.05) is 0 Å². The van der Waals surface area contributed by atoms with E-state index in [1.807, 2.05) is 0 Å². The van der Waals surface area contributed by atoms with E-state index in [2.05, 4.69) is 0 Å². The maximum absolute atomic E-state index is 11.6. The van der Waals surface area contributed by atoms with Crippen molar-refractivity contribution in [2.75, 3.05) is 27.9 Å². The number of ether oxygens (including phenoxy) is 7. The van der Waals surface area contributed by atoms with E-state index >= 15 is 0 Å². The normalized spacial score (nSPS) is 29.5. The molecule has 0 amide bonds. The van der Waals surface area contributed by atoms with Crippen LogP contribution in [0, 0.1) is 0 Å². The Hall–Kier alpha value is -1.75. The summed E-state index contributed by atoms with van der Waals surface area (Å²) in [5.74, 6) is -1.82. The molecule has 6 atom stereocenters. The predicted molar refractivity (Wildman–Crippen MR) is 85.0 cm³/mol. The van der Waals surface area contributed by atoms with Crippen LogP contribution in [0.4, 0.5) is 0 Å². The minimum absolute atomic E-state index is 0.0388. The van der Waals surface area contributed by atoms with Gasteiger partial charge in [-0.15, -0.1) is 0 Å². The van der Waals surface area contributed by atoms with Gasteiger partial charge in [-0.3, -0.25) is 14.4 Å². The quantitative estimate of drug-likeness (QED) is 0.416. The third-order valence-electron chi connectivity index (χ3n) is 3.65. The summed E-state index contributed by atoms with van der Waals surface area (Å²) in [6.45, 7) is 3.59. The van der Waals surface area contributed by atoms with Gasteiger partial charge in [0.05, 0.1) is 6.61 Å². The first-order valence-electron chi connectivity index (χ1n) is 7.96. The molecular formula is C16H26O10. The smallest absolute Gasteiger partial charge is 0.303 e. The second-order valence-corrected chi connectivity index (χ2v) is 5.66. The lowest BCUT2D eigenvalue weighted by atomic mass is 9.94. The highest BCUT2D eigenvalue weighted by atomic mass is 16.7. The molecule has 0 aromatic heterocycles. The molecule has 1 fully saturated rings. The van der Waals surface area contributed by atoms with Gasteiger partial charge in [0.15, 0.2) is 24.6 Å². The zero-order valence-corrected chi connectivity index (χ0v) is 15.8. The molecule has 1 aliphatic rings. The van der Waals surface area contributed by atoms with E-state index in [0.717, 1.165) is 0 Å². The van der Waals surface area contributed by atoms with Gasteiger partial charge in [-0.25, -0.2) is 0 Å². The van der Waals surface area contributed by atoms with Crippen LogP contribution in [-0.4, -0.2) is 82.7 Å². The highest BCUT2D eigenvalue weighted by molar-refractivity contribution is 5.68. The number of carbonyl (C=O) groups excluding carboxylic acids is 3. The van der Waals surface area contributed by atoms with Crippen LogP contribution in [-0.2, 0) is 47.5 Å². The standard InChI is InChI=1S/C16H26O10/c1-8(17)23-11(7-20-4)12-13(24-9(2)18)14(25-10(3)19)15(21-5)16(22-6)26-12/h11-16H,7H2,1-6H3. The zero-order chi connectivity index (χ0) is 19.9. The second kappa shape index (κ2) is 10.4. The molecule has 0 radical (unpaired) electrons. The molecule has 0 N–H and O–H groups in total. The van der Waals surface area contributed by atoms with Crippen molar-refractivity contribution >= 4 is 17.9 Å². The molecule has 6 unspecified atom stereocenters. The zero-order valence-electron chi connectivity index (χ0n) is 15.8. The van der Waals surface area contributed by atoms with E-state index in [9.17, 15) is 14.4 Å².